The average Bonchev–Trinajstić information content (AvgIpc) is 2.03. The highest BCUT2D eigenvalue weighted by molar-refractivity contribution is 9.09. The molecule has 0 fully saturated rings. The van der Waals surface area contributed by atoms with Crippen molar-refractivity contribution in [3.05, 3.63) is 35.4 Å². The molecule has 0 spiro atoms. The van der Waals surface area contributed by atoms with Gasteiger partial charge in [-0.3, -0.25) is 0 Å². The summed E-state index contributed by atoms with van der Waals surface area (Å²) in [7, 11) is 0. The molecule has 1 aromatic carbocycles. The SMILES string of the molecule is Cc1cccc(C(Br)CO)c1. The fourth-order valence-electron chi connectivity index (χ4n) is 0.970. The van der Waals surface area contributed by atoms with Crippen LogP contribution in [0.25, 0.3) is 0 Å². The molecule has 0 radical (unpaired) electrons. The van der Waals surface area contributed by atoms with Crippen LogP contribution < -0.4 is 0 Å². The maximum Gasteiger partial charge on any atom is 0.0626 e. The molecule has 0 aliphatic carbocycles. The van der Waals surface area contributed by atoms with Crippen LogP contribution in [-0.4, -0.2) is 11.7 Å². The van der Waals surface area contributed by atoms with Crippen molar-refractivity contribution in [2.24, 2.45) is 0 Å². The van der Waals surface area contributed by atoms with Gasteiger partial charge >= 0.3 is 0 Å². The van der Waals surface area contributed by atoms with Gasteiger partial charge < -0.3 is 5.11 Å². The van der Waals surface area contributed by atoms with Crippen molar-refractivity contribution in [3.63, 3.8) is 0 Å². The Labute approximate surface area is 75.2 Å². The zero-order valence-corrected chi connectivity index (χ0v) is 8.01. The van der Waals surface area contributed by atoms with E-state index in [-0.39, 0.29) is 11.4 Å². The Balaban J connectivity index is 2.86. The maximum atomic E-state index is 8.83. The third-order valence-electron chi connectivity index (χ3n) is 1.56. The van der Waals surface area contributed by atoms with E-state index in [9.17, 15) is 0 Å². The summed E-state index contributed by atoms with van der Waals surface area (Å²) in [5.74, 6) is 0. The molecule has 1 aromatic rings. The molecule has 60 valence electrons. The van der Waals surface area contributed by atoms with E-state index in [0.717, 1.165) is 5.56 Å². The third-order valence-corrected chi connectivity index (χ3v) is 2.38. The van der Waals surface area contributed by atoms with Gasteiger partial charge in [-0.05, 0) is 12.5 Å². The third kappa shape index (κ3) is 2.31. The van der Waals surface area contributed by atoms with E-state index < -0.39 is 0 Å². The predicted octanol–water partition coefficient (Wildman–Crippen LogP) is 2.42. The van der Waals surface area contributed by atoms with Gasteiger partial charge in [0.05, 0.1) is 11.4 Å². The van der Waals surface area contributed by atoms with Gasteiger partial charge in [0.1, 0.15) is 0 Å². The van der Waals surface area contributed by atoms with Crippen LogP contribution in [0.3, 0.4) is 0 Å². The molecule has 1 nitrogen and oxygen atoms in total. The van der Waals surface area contributed by atoms with E-state index in [1.165, 1.54) is 5.56 Å². The molecule has 2 heteroatoms. The molecule has 0 aliphatic rings. The van der Waals surface area contributed by atoms with Gasteiger partial charge in [0.15, 0.2) is 0 Å². The highest BCUT2D eigenvalue weighted by Gasteiger charge is 2.03. The first-order valence-electron chi connectivity index (χ1n) is 3.55. The molecule has 0 heterocycles. The van der Waals surface area contributed by atoms with Gasteiger partial charge in [0.2, 0.25) is 0 Å². The van der Waals surface area contributed by atoms with Crippen LogP contribution in [0.2, 0.25) is 0 Å². The summed E-state index contributed by atoms with van der Waals surface area (Å²) < 4.78 is 0. The Morgan fingerprint density at radius 2 is 2.27 bits per heavy atom. The smallest absolute Gasteiger partial charge is 0.0626 e. The number of aryl methyl sites for hydroxylation is 1. The molecule has 0 aromatic heterocycles. The van der Waals surface area contributed by atoms with Crippen molar-refractivity contribution in [2.75, 3.05) is 6.61 Å². The standard InChI is InChI=1S/C9H11BrO/c1-7-3-2-4-8(5-7)9(10)6-11/h2-5,9,11H,6H2,1H3. The Morgan fingerprint density at radius 3 is 2.82 bits per heavy atom. The maximum absolute atomic E-state index is 8.83. The molecule has 0 saturated carbocycles. The van der Waals surface area contributed by atoms with Crippen molar-refractivity contribution < 1.29 is 5.11 Å². The second-order valence-corrected chi connectivity index (χ2v) is 3.67. The van der Waals surface area contributed by atoms with Crippen LogP contribution in [0, 0.1) is 6.92 Å². The second-order valence-electron chi connectivity index (χ2n) is 2.56. The number of aliphatic hydroxyl groups excluding tert-OH is 1. The summed E-state index contributed by atoms with van der Waals surface area (Å²) in [6.07, 6.45) is 0. The van der Waals surface area contributed by atoms with Crippen LogP contribution in [0.15, 0.2) is 24.3 Å². The second kappa shape index (κ2) is 3.88. The van der Waals surface area contributed by atoms with Crippen molar-refractivity contribution >= 4 is 15.9 Å². The number of rotatable bonds is 2. The summed E-state index contributed by atoms with van der Waals surface area (Å²) in [6, 6.07) is 8.10. The van der Waals surface area contributed by atoms with E-state index in [1.54, 1.807) is 0 Å². The van der Waals surface area contributed by atoms with Gasteiger partial charge in [-0.15, -0.1) is 0 Å². The van der Waals surface area contributed by atoms with E-state index in [0.29, 0.717) is 0 Å². The number of halogens is 1. The molecular weight excluding hydrogens is 204 g/mol. The predicted molar refractivity (Wildman–Crippen MR) is 49.9 cm³/mol. The average molecular weight is 215 g/mol. The first-order chi connectivity index (χ1) is 5.24. The lowest BCUT2D eigenvalue weighted by atomic mass is 10.1. The lowest BCUT2D eigenvalue weighted by Gasteiger charge is -2.06. The molecule has 0 saturated heterocycles. The lowest BCUT2D eigenvalue weighted by Crippen LogP contribution is -1.94. The van der Waals surface area contributed by atoms with Crippen LogP contribution in [0.4, 0.5) is 0 Å². The highest BCUT2D eigenvalue weighted by Crippen LogP contribution is 2.21. The summed E-state index contributed by atoms with van der Waals surface area (Å²) >= 11 is 3.37. The zero-order valence-electron chi connectivity index (χ0n) is 6.42. The van der Waals surface area contributed by atoms with Crippen molar-refractivity contribution in [2.45, 2.75) is 11.8 Å². The molecule has 0 bridgehead atoms. The van der Waals surface area contributed by atoms with Gasteiger partial charge in [-0.1, -0.05) is 45.8 Å². The summed E-state index contributed by atoms with van der Waals surface area (Å²) in [6.45, 7) is 2.18. The Hall–Kier alpha value is -0.340. The summed E-state index contributed by atoms with van der Waals surface area (Å²) in [5, 5.41) is 8.83. The normalized spacial score (nSPS) is 13.0. The fourth-order valence-corrected chi connectivity index (χ4v) is 1.26. The molecule has 1 N–H and O–H groups in total. The Morgan fingerprint density at radius 1 is 1.55 bits per heavy atom. The fraction of sp³-hybridized carbons (Fsp3) is 0.333. The van der Waals surface area contributed by atoms with Crippen LogP contribution in [0.1, 0.15) is 16.0 Å². The number of aliphatic hydroxyl groups is 1. The Bertz CT molecular complexity index is 235. The van der Waals surface area contributed by atoms with Gasteiger partial charge in [0, 0.05) is 0 Å². The van der Waals surface area contributed by atoms with Crippen LogP contribution >= 0.6 is 15.9 Å². The summed E-state index contributed by atoms with van der Waals surface area (Å²) in [4.78, 5) is 0.0717. The zero-order chi connectivity index (χ0) is 8.27. The minimum Gasteiger partial charge on any atom is -0.395 e. The molecule has 1 rings (SSSR count). The number of hydrogen-bond donors (Lipinski definition) is 1. The number of hydrogen-bond acceptors (Lipinski definition) is 1. The van der Waals surface area contributed by atoms with Gasteiger partial charge in [-0.2, -0.15) is 0 Å². The summed E-state index contributed by atoms with van der Waals surface area (Å²) in [5.41, 5.74) is 2.35. The Kier molecular flexibility index (Phi) is 3.09. The molecule has 0 amide bonds. The molecule has 11 heavy (non-hydrogen) atoms. The number of benzene rings is 1. The molecule has 1 atom stereocenters. The number of alkyl halides is 1. The molecule has 0 aliphatic heterocycles. The van der Waals surface area contributed by atoms with E-state index >= 15 is 0 Å². The van der Waals surface area contributed by atoms with E-state index in [1.807, 2.05) is 25.1 Å². The molecular formula is C9H11BrO. The van der Waals surface area contributed by atoms with Crippen molar-refractivity contribution in [3.8, 4) is 0 Å². The quantitative estimate of drug-likeness (QED) is 0.751. The monoisotopic (exact) mass is 214 g/mol. The van der Waals surface area contributed by atoms with Crippen LogP contribution in [0.5, 0.6) is 0 Å². The van der Waals surface area contributed by atoms with Gasteiger partial charge in [0.25, 0.3) is 0 Å². The molecule has 1 unspecified atom stereocenters. The highest BCUT2D eigenvalue weighted by atomic mass is 79.9. The van der Waals surface area contributed by atoms with E-state index in [2.05, 4.69) is 22.0 Å². The topological polar surface area (TPSA) is 20.2 Å². The minimum absolute atomic E-state index is 0.0717. The van der Waals surface area contributed by atoms with Gasteiger partial charge in [-0.25, -0.2) is 0 Å². The van der Waals surface area contributed by atoms with Crippen molar-refractivity contribution in [1.29, 1.82) is 0 Å². The van der Waals surface area contributed by atoms with E-state index in [4.69, 9.17) is 5.11 Å². The lowest BCUT2D eigenvalue weighted by molar-refractivity contribution is 0.298. The largest absolute Gasteiger partial charge is 0.395 e. The van der Waals surface area contributed by atoms with Crippen molar-refractivity contribution in [1.82, 2.24) is 0 Å². The first-order valence-corrected chi connectivity index (χ1v) is 4.47. The first kappa shape index (κ1) is 8.75. The van der Waals surface area contributed by atoms with Crippen LogP contribution in [-0.2, 0) is 0 Å². The minimum atomic E-state index is 0.0717.